The fourth-order valence-corrected chi connectivity index (χ4v) is 4.35. The summed E-state index contributed by atoms with van der Waals surface area (Å²) in [6.07, 6.45) is 8.37. The maximum atomic E-state index is 8.89. The Morgan fingerprint density at radius 2 is 2.05 bits per heavy atom. The normalized spacial score (nSPS) is 13.7. The number of nitrogens with one attached hydrogen (secondary N) is 3. The highest BCUT2D eigenvalue weighted by molar-refractivity contribution is 7.19. The molecule has 6 nitrogen and oxygen atoms in total. The molecule has 0 saturated heterocycles. The molecule has 1 aliphatic heterocycles. The van der Waals surface area contributed by atoms with Crippen LogP contribution in [0.25, 0.3) is 11.1 Å². The quantitative estimate of drug-likeness (QED) is 0.180. The van der Waals surface area contributed by atoms with Crippen molar-refractivity contribution in [2.24, 2.45) is 0 Å². The molecule has 4 rings (SSSR count). The fraction of sp³-hybridized carbons (Fsp3) is 0.258. The second-order valence-electron chi connectivity index (χ2n) is 8.87. The van der Waals surface area contributed by atoms with E-state index >= 15 is 0 Å². The van der Waals surface area contributed by atoms with Gasteiger partial charge in [-0.2, -0.15) is 5.26 Å². The maximum absolute atomic E-state index is 8.89. The van der Waals surface area contributed by atoms with Crippen LogP contribution in [0.3, 0.4) is 0 Å². The molecule has 1 aliphatic rings. The van der Waals surface area contributed by atoms with Gasteiger partial charge in [0.2, 0.25) is 5.88 Å². The van der Waals surface area contributed by atoms with Gasteiger partial charge in [-0.15, -0.1) is 8.86 Å². The van der Waals surface area contributed by atoms with Gasteiger partial charge in [0.15, 0.2) is 0 Å². The number of pyridine rings is 1. The van der Waals surface area contributed by atoms with Crippen LogP contribution in [-0.4, -0.2) is 43.6 Å². The second-order valence-corrected chi connectivity index (χ2v) is 9.16. The lowest BCUT2D eigenvalue weighted by atomic mass is 9.98. The van der Waals surface area contributed by atoms with Gasteiger partial charge in [0.25, 0.3) is 0 Å². The first-order valence-corrected chi connectivity index (χ1v) is 13.3. The molecule has 38 heavy (non-hydrogen) atoms. The number of benzene rings is 2. The molecule has 0 bridgehead atoms. The van der Waals surface area contributed by atoms with Gasteiger partial charge in [-0.05, 0) is 79.6 Å². The number of allylic oxidation sites excluding steroid dienone is 3. The van der Waals surface area contributed by atoms with Gasteiger partial charge in [0, 0.05) is 36.6 Å². The highest BCUT2D eigenvalue weighted by Gasteiger charge is 2.21. The highest BCUT2D eigenvalue weighted by Crippen LogP contribution is 2.34. The van der Waals surface area contributed by atoms with Crippen molar-refractivity contribution in [2.75, 3.05) is 37.3 Å². The molecule has 0 aliphatic carbocycles. The first kappa shape index (κ1) is 28.7. The fourth-order valence-electron chi connectivity index (χ4n) is 4.11. The van der Waals surface area contributed by atoms with E-state index in [1.54, 1.807) is 6.08 Å². The SMILES string of the molecule is C=C/C=C\C.CNc1cc(C)c(-c2cnc3c(c2)NCC(CNCCc2ccc(C#N)cc2)O3)cc1C=P. The van der Waals surface area contributed by atoms with Crippen LogP contribution >= 0.6 is 8.86 Å². The van der Waals surface area contributed by atoms with Crippen LogP contribution in [0.2, 0.25) is 0 Å². The Morgan fingerprint density at radius 3 is 2.68 bits per heavy atom. The molecule has 3 aromatic rings. The Balaban J connectivity index is 0.000000732. The molecule has 2 heterocycles. The number of aryl methyl sites for hydroxylation is 1. The summed E-state index contributed by atoms with van der Waals surface area (Å²) in [6.45, 7) is 9.84. The van der Waals surface area contributed by atoms with Crippen molar-refractivity contribution in [3.8, 4) is 23.1 Å². The van der Waals surface area contributed by atoms with Crippen molar-refractivity contribution in [3.05, 3.63) is 95.7 Å². The number of hydrogen-bond acceptors (Lipinski definition) is 6. The van der Waals surface area contributed by atoms with Crippen molar-refractivity contribution < 1.29 is 4.74 Å². The molecule has 0 radical (unpaired) electrons. The van der Waals surface area contributed by atoms with E-state index in [0.29, 0.717) is 11.4 Å². The average Bonchev–Trinajstić information content (AvgIpc) is 2.96. The molecule has 7 heteroatoms. The van der Waals surface area contributed by atoms with Crippen molar-refractivity contribution in [1.82, 2.24) is 10.3 Å². The molecule has 3 N–H and O–H groups in total. The molecule has 1 unspecified atom stereocenters. The van der Waals surface area contributed by atoms with E-state index in [2.05, 4.69) is 67.6 Å². The van der Waals surface area contributed by atoms with Crippen LogP contribution in [0.15, 0.2) is 73.5 Å². The van der Waals surface area contributed by atoms with Crippen molar-refractivity contribution >= 4 is 26.0 Å². The Hall–Kier alpha value is -3.91. The van der Waals surface area contributed by atoms with Gasteiger partial charge < -0.3 is 20.7 Å². The third-order valence-corrected chi connectivity index (χ3v) is 6.47. The van der Waals surface area contributed by atoms with Crippen molar-refractivity contribution in [2.45, 2.75) is 26.4 Å². The highest BCUT2D eigenvalue weighted by atomic mass is 31.0. The Labute approximate surface area is 228 Å². The summed E-state index contributed by atoms with van der Waals surface area (Å²) in [4.78, 5) is 4.60. The first-order valence-electron chi connectivity index (χ1n) is 12.7. The Morgan fingerprint density at radius 1 is 1.26 bits per heavy atom. The molecule has 1 atom stereocenters. The molecule has 0 spiro atoms. The third-order valence-electron chi connectivity index (χ3n) is 6.16. The van der Waals surface area contributed by atoms with Gasteiger partial charge in [-0.1, -0.05) is 36.9 Å². The smallest absolute Gasteiger partial charge is 0.237 e. The average molecular weight is 526 g/mol. The van der Waals surface area contributed by atoms with E-state index in [1.807, 2.05) is 62.4 Å². The summed E-state index contributed by atoms with van der Waals surface area (Å²) in [6, 6.07) is 16.3. The van der Waals surface area contributed by atoms with E-state index in [4.69, 9.17) is 10.00 Å². The Kier molecular flexibility index (Phi) is 11.1. The van der Waals surface area contributed by atoms with Crippen LogP contribution in [0.4, 0.5) is 11.4 Å². The number of anilines is 2. The van der Waals surface area contributed by atoms with E-state index in [1.165, 1.54) is 11.1 Å². The molecular formula is C31H36N5OP. The topological polar surface area (TPSA) is 82.0 Å². The van der Waals surface area contributed by atoms with Gasteiger partial charge in [0.05, 0.1) is 23.9 Å². The van der Waals surface area contributed by atoms with Crippen LogP contribution in [0.1, 0.15) is 29.2 Å². The van der Waals surface area contributed by atoms with E-state index in [-0.39, 0.29) is 6.10 Å². The third kappa shape index (κ3) is 7.79. The van der Waals surface area contributed by atoms with Crippen LogP contribution in [0, 0.1) is 18.3 Å². The predicted octanol–water partition coefficient (Wildman–Crippen LogP) is 6.02. The number of ether oxygens (including phenoxy) is 1. The summed E-state index contributed by atoms with van der Waals surface area (Å²) in [7, 11) is 5.44. The first-order chi connectivity index (χ1) is 18.5. The van der Waals surface area contributed by atoms with Crippen molar-refractivity contribution in [1.29, 1.82) is 5.26 Å². The second kappa shape index (κ2) is 14.7. The summed E-state index contributed by atoms with van der Waals surface area (Å²) in [5, 5.41) is 19.1. The molecule has 1 aromatic heterocycles. The number of rotatable bonds is 9. The lowest BCUT2D eigenvalue weighted by molar-refractivity contribution is 0.194. The van der Waals surface area contributed by atoms with Crippen LogP contribution in [0.5, 0.6) is 5.88 Å². The van der Waals surface area contributed by atoms with Crippen molar-refractivity contribution in [3.63, 3.8) is 0 Å². The van der Waals surface area contributed by atoms with Gasteiger partial charge in [-0.3, -0.25) is 0 Å². The summed E-state index contributed by atoms with van der Waals surface area (Å²) < 4.78 is 6.12. The molecule has 0 fully saturated rings. The molecule has 2 aromatic carbocycles. The minimum atomic E-state index is 0.0165. The standard InChI is InChI=1S/C26H28N5OP.C5H8/c1-17-9-24(28-2)21(16-33)10-23(17)20-11-25-26(31-13-20)32-22(15-30-25)14-29-8-7-18-3-5-19(12-27)6-4-18;1-3-5-4-2/h3-6,9-11,13,16,22,28-30,33H,7-8,14-15H2,1-2H3;3-5H,1H2,2H3/b;5-4-. The van der Waals surface area contributed by atoms with Crippen LogP contribution < -0.4 is 20.7 Å². The minimum absolute atomic E-state index is 0.0165. The summed E-state index contributed by atoms with van der Waals surface area (Å²) >= 11 is 0. The zero-order valence-electron chi connectivity index (χ0n) is 22.3. The molecule has 0 saturated carbocycles. The van der Waals surface area contributed by atoms with Gasteiger partial charge >= 0.3 is 0 Å². The lowest BCUT2D eigenvalue weighted by Crippen LogP contribution is -2.40. The predicted molar refractivity (Wildman–Crippen MR) is 163 cm³/mol. The van der Waals surface area contributed by atoms with Gasteiger partial charge in [-0.25, -0.2) is 4.98 Å². The zero-order valence-corrected chi connectivity index (χ0v) is 23.3. The Bertz CT molecular complexity index is 1310. The zero-order chi connectivity index (χ0) is 27.3. The number of nitriles is 1. The lowest BCUT2D eigenvalue weighted by Gasteiger charge is -2.27. The largest absolute Gasteiger partial charge is 0.470 e. The number of fused-ring (bicyclic) bond motifs is 1. The van der Waals surface area contributed by atoms with Gasteiger partial charge in [0.1, 0.15) is 6.10 Å². The molecule has 0 amide bonds. The maximum Gasteiger partial charge on any atom is 0.237 e. The summed E-state index contributed by atoms with van der Waals surface area (Å²) in [5.41, 5.74) is 8.36. The monoisotopic (exact) mass is 525 g/mol. The van der Waals surface area contributed by atoms with E-state index in [0.717, 1.165) is 54.1 Å². The minimum Gasteiger partial charge on any atom is -0.470 e. The molecular weight excluding hydrogens is 489 g/mol. The van der Waals surface area contributed by atoms with Crippen LogP contribution in [-0.2, 0) is 6.42 Å². The van der Waals surface area contributed by atoms with E-state index < -0.39 is 0 Å². The summed E-state index contributed by atoms with van der Waals surface area (Å²) in [5.74, 6) is 2.56. The van der Waals surface area contributed by atoms with E-state index in [9.17, 15) is 0 Å². The number of nitrogens with zero attached hydrogens (tertiary/aromatic N) is 2. The number of aromatic nitrogens is 1. The molecule has 196 valence electrons. The number of hydrogen-bond donors (Lipinski definition) is 3.